The smallest absolute Gasteiger partial charge is 0.0643 e. The first-order valence-electron chi connectivity index (χ1n) is 8.65. The van der Waals surface area contributed by atoms with E-state index in [-0.39, 0.29) is 0 Å². The van der Waals surface area contributed by atoms with Crippen molar-refractivity contribution in [3.63, 3.8) is 0 Å². The molecule has 1 aliphatic heterocycles. The molecule has 0 radical (unpaired) electrons. The molecule has 1 aromatic rings. The SMILES string of the molecule is c1cn(C2CCCCC2)nc1CC1(C2CC2)CCCN1. The van der Waals surface area contributed by atoms with Gasteiger partial charge in [0.25, 0.3) is 0 Å². The van der Waals surface area contributed by atoms with Crippen LogP contribution in [0.2, 0.25) is 0 Å². The molecule has 0 bridgehead atoms. The maximum atomic E-state index is 4.93. The van der Waals surface area contributed by atoms with Gasteiger partial charge in [-0.05, 0) is 57.1 Å². The van der Waals surface area contributed by atoms with Crippen molar-refractivity contribution in [1.29, 1.82) is 0 Å². The highest BCUT2D eigenvalue weighted by molar-refractivity contribution is 5.13. The maximum absolute atomic E-state index is 4.93. The van der Waals surface area contributed by atoms with Crippen LogP contribution in [0.5, 0.6) is 0 Å². The van der Waals surface area contributed by atoms with Gasteiger partial charge < -0.3 is 5.32 Å². The second-order valence-electron chi connectivity index (χ2n) is 7.22. The highest BCUT2D eigenvalue weighted by Crippen LogP contribution is 2.45. The highest BCUT2D eigenvalue weighted by atomic mass is 15.3. The van der Waals surface area contributed by atoms with Crippen LogP contribution < -0.4 is 5.32 Å². The Morgan fingerprint density at radius 2 is 2.00 bits per heavy atom. The number of nitrogens with one attached hydrogen (secondary N) is 1. The van der Waals surface area contributed by atoms with Crippen LogP contribution in [-0.2, 0) is 6.42 Å². The van der Waals surface area contributed by atoms with Crippen LogP contribution in [-0.4, -0.2) is 21.9 Å². The molecule has 3 nitrogen and oxygen atoms in total. The average Bonchev–Trinajstić information content (AvgIpc) is 3.08. The summed E-state index contributed by atoms with van der Waals surface area (Å²) in [6.45, 7) is 1.21. The minimum atomic E-state index is 0.395. The minimum Gasteiger partial charge on any atom is -0.311 e. The predicted molar refractivity (Wildman–Crippen MR) is 80.7 cm³/mol. The van der Waals surface area contributed by atoms with Crippen LogP contribution in [0, 0.1) is 5.92 Å². The Morgan fingerprint density at radius 1 is 1.15 bits per heavy atom. The molecule has 1 unspecified atom stereocenters. The molecule has 2 saturated carbocycles. The second-order valence-corrected chi connectivity index (χ2v) is 7.22. The van der Waals surface area contributed by atoms with Crippen molar-refractivity contribution in [2.45, 2.75) is 75.8 Å². The first-order chi connectivity index (χ1) is 9.86. The predicted octanol–water partition coefficient (Wildman–Crippen LogP) is 3.46. The highest BCUT2D eigenvalue weighted by Gasteiger charge is 2.46. The molecule has 1 saturated heterocycles. The van der Waals surface area contributed by atoms with E-state index in [4.69, 9.17) is 5.10 Å². The molecule has 2 heterocycles. The molecule has 1 atom stereocenters. The molecule has 20 heavy (non-hydrogen) atoms. The third kappa shape index (κ3) is 2.41. The third-order valence-corrected chi connectivity index (χ3v) is 5.74. The first kappa shape index (κ1) is 12.9. The van der Waals surface area contributed by atoms with Crippen molar-refractivity contribution >= 4 is 0 Å². The zero-order valence-corrected chi connectivity index (χ0v) is 12.5. The summed E-state index contributed by atoms with van der Waals surface area (Å²) in [6, 6.07) is 2.95. The Hall–Kier alpha value is -0.830. The summed E-state index contributed by atoms with van der Waals surface area (Å²) in [6.07, 6.45) is 15.8. The molecule has 3 aliphatic rings. The standard InChI is InChI=1S/C17H27N3/c1-2-5-16(6-3-1)20-12-9-15(19-20)13-17(14-7-8-14)10-4-11-18-17/h9,12,14,16,18H,1-8,10-11,13H2. The molecule has 0 amide bonds. The van der Waals surface area contributed by atoms with Crippen molar-refractivity contribution in [2.75, 3.05) is 6.54 Å². The van der Waals surface area contributed by atoms with E-state index < -0.39 is 0 Å². The monoisotopic (exact) mass is 273 g/mol. The maximum Gasteiger partial charge on any atom is 0.0643 e. The number of rotatable bonds is 4. The average molecular weight is 273 g/mol. The van der Waals surface area contributed by atoms with E-state index in [1.807, 2.05) is 0 Å². The van der Waals surface area contributed by atoms with Gasteiger partial charge >= 0.3 is 0 Å². The van der Waals surface area contributed by atoms with Crippen LogP contribution in [0.4, 0.5) is 0 Å². The molecule has 1 aromatic heterocycles. The van der Waals surface area contributed by atoms with Gasteiger partial charge in [0.05, 0.1) is 11.7 Å². The van der Waals surface area contributed by atoms with E-state index in [2.05, 4.69) is 22.3 Å². The van der Waals surface area contributed by atoms with Crippen LogP contribution in [0.15, 0.2) is 12.3 Å². The Bertz CT molecular complexity index is 449. The lowest BCUT2D eigenvalue weighted by atomic mass is 9.86. The Kier molecular flexibility index (Phi) is 3.33. The first-order valence-corrected chi connectivity index (χ1v) is 8.65. The molecule has 110 valence electrons. The Morgan fingerprint density at radius 3 is 2.70 bits per heavy atom. The largest absolute Gasteiger partial charge is 0.311 e. The zero-order valence-electron chi connectivity index (χ0n) is 12.5. The summed E-state index contributed by atoms with van der Waals surface area (Å²) in [5.41, 5.74) is 1.71. The van der Waals surface area contributed by atoms with E-state index in [9.17, 15) is 0 Å². The second kappa shape index (κ2) is 5.18. The van der Waals surface area contributed by atoms with Gasteiger partial charge in [-0.3, -0.25) is 4.68 Å². The van der Waals surface area contributed by atoms with Crippen molar-refractivity contribution in [2.24, 2.45) is 5.92 Å². The summed E-state index contributed by atoms with van der Waals surface area (Å²) < 4.78 is 2.27. The fourth-order valence-corrected chi connectivity index (χ4v) is 4.45. The van der Waals surface area contributed by atoms with Gasteiger partial charge in [-0.15, -0.1) is 0 Å². The van der Waals surface area contributed by atoms with Crippen LogP contribution in [0.25, 0.3) is 0 Å². The van der Waals surface area contributed by atoms with Gasteiger partial charge in [0.15, 0.2) is 0 Å². The molecular formula is C17H27N3. The van der Waals surface area contributed by atoms with Gasteiger partial charge in [-0.25, -0.2) is 0 Å². The summed E-state index contributed by atoms with van der Waals surface area (Å²) in [5, 5.41) is 8.75. The quantitative estimate of drug-likeness (QED) is 0.910. The Balaban J connectivity index is 1.47. The van der Waals surface area contributed by atoms with Crippen molar-refractivity contribution in [3.8, 4) is 0 Å². The normalized spacial score (nSPS) is 31.8. The molecule has 0 spiro atoms. The number of aromatic nitrogens is 2. The lowest BCUT2D eigenvalue weighted by Gasteiger charge is -2.29. The summed E-state index contributed by atoms with van der Waals surface area (Å²) >= 11 is 0. The molecule has 4 rings (SSSR count). The number of hydrogen-bond donors (Lipinski definition) is 1. The molecule has 0 aromatic carbocycles. The summed E-state index contributed by atoms with van der Waals surface area (Å²) in [4.78, 5) is 0. The fraction of sp³-hybridized carbons (Fsp3) is 0.824. The molecule has 1 N–H and O–H groups in total. The van der Waals surface area contributed by atoms with Crippen LogP contribution in [0.3, 0.4) is 0 Å². The Labute approximate surface area is 122 Å². The van der Waals surface area contributed by atoms with Crippen LogP contribution in [0.1, 0.15) is 69.5 Å². The van der Waals surface area contributed by atoms with E-state index in [1.165, 1.54) is 70.0 Å². The lowest BCUT2D eigenvalue weighted by molar-refractivity contribution is 0.309. The molecule has 3 heteroatoms. The van der Waals surface area contributed by atoms with E-state index in [1.54, 1.807) is 0 Å². The topological polar surface area (TPSA) is 29.9 Å². The number of hydrogen-bond acceptors (Lipinski definition) is 2. The van der Waals surface area contributed by atoms with Gasteiger partial charge in [0, 0.05) is 18.2 Å². The number of nitrogens with zero attached hydrogens (tertiary/aromatic N) is 2. The minimum absolute atomic E-state index is 0.395. The van der Waals surface area contributed by atoms with E-state index in [0.717, 1.165) is 12.3 Å². The summed E-state index contributed by atoms with van der Waals surface area (Å²) in [5.74, 6) is 0.921. The van der Waals surface area contributed by atoms with Gasteiger partial charge in [0.1, 0.15) is 0 Å². The van der Waals surface area contributed by atoms with Gasteiger partial charge in [-0.2, -0.15) is 5.10 Å². The van der Waals surface area contributed by atoms with Crippen molar-refractivity contribution < 1.29 is 0 Å². The van der Waals surface area contributed by atoms with Gasteiger partial charge in [0.2, 0.25) is 0 Å². The van der Waals surface area contributed by atoms with Gasteiger partial charge in [-0.1, -0.05) is 19.3 Å². The molecule has 2 aliphatic carbocycles. The third-order valence-electron chi connectivity index (χ3n) is 5.74. The molecular weight excluding hydrogens is 246 g/mol. The fourth-order valence-electron chi connectivity index (χ4n) is 4.45. The molecule has 3 fully saturated rings. The van der Waals surface area contributed by atoms with Crippen LogP contribution >= 0.6 is 0 Å². The van der Waals surface area contributed by atoms with Crippen molar-refractivity contribution in [3.05, 3.63) is 18.0 Å². The lowest BCUT2D eigenvalue weighted by Crippen LogP contribution is -2.44. The summed E-state index contributed by atoms with van der Waals surface area (Å²) in [7, 11) is 0. The van der Waals surface area contributed by atoms with Crippen molar-refractivity contribution in [1.82, 2.24) is 15.1 Å². The van der Waals surface area contributed by atoms with E-state index >= 15 is 0 Å². The zero-order chi connectivity index (χ0) is 13.4. The van der Waals surface area contributed by atoms with E-state index in [0.29, 0.717) is 11.6 Å².